The third kappa shape index (κ3) is 4.42. The second kappa shape index (κ2) is 6.83. The van der Waals surface area contributed by atoms with Crippen molar-refractivity contribution < 1.29 is 36.0 Å². The average molecular weight is 380 g/mol. The molecule has 2 N–H and O–H groups in total. The highest BCUT2D eigenvalue weighted by Crippen LogP contribution is 2.39. The molecule has 0 heterocycles. The predicted octanol–water partition coefficient (Wildman–Crippen LogP) is 4.97. The summed E-state index contributed by atoms with van der Waals surface area (Å²) in [5, 5.41) is 10.8. The maximum atomic E-state index is 12.9. The highest BCUT2D eigenvalue weighted by molar-refractivity contribution is 5.48. The zero-order chi connectivity index (χ0) is 19.7. The van der Waals surface area contributed by atoms with Gasteiger partial charge in [0.15, 0.2) is 0 Å². The molecule has 0 aliphatic heterocycles. The van der Waals surface area contributed by atoms with Gasteiger partial charge in [-0.15, -0.1) is 0 Å². The minimum atomic E-state index is -4.94. The molecule has 0 bridgehead atoms. The number of ether oxygens (including phenoxy) is 1. The number of nitrogens with zero attached hydrogens (tertiary/aromatic N) is 1. The molecule has 26 heavy (non-hydrogen) atoms. The van der Waals surface area contributed by atoms with Gasteiger partial charge >= 0.3 is 12.4 Å². The molecule has 0 aromatic heterocycles. The summed E-state index contributed by atoms with van der Waals surface area (Å²) in [5.74, 6) is -0.941. The van der Waals surface area contributed by atoms with E-state index >= 15 is 0 Å². The highest BCUT2D eigenvalue weighted by atomic mass is 19.4. The van der Waals surface area contributed by atoms with Crippen molar-refractivity contribution in [3.05, 3.63) is 63.7 Å². The van der Waals surface area contributed by atoms with E-state index < -0.39 is 51.6 Å². The minimum Gasteiger partial charge on any atom is -0.457 e. The Bertz CT molecular complexity index is 820. The number of halogens is 6. The largest absolute Gasteiger partial charge is 0.457 e. The van der Waals surface area contributed by atoms with Gasteiger partial charge in [0.2, 0.25) is 0 Å². The van der Waals surface area contributed by atoms with Crippen LogP contribution in [0.5, 0.6) is 11.5 Å². The molecule has 140 valence electrons. The Morgan fingerprint density at radius 3 is 2.23 bits per heavy atom. The van der Waals surface area contributed by atoms with E-state index in [1.54, 1.807) is 0 Å². The van der Waals surface area contributed by atoms with Crippen molar-refractivity contribution in [2.24, 2.45) is 5.73 Å². The number of alkyl halides is 6. The maximum absolute atomic E-state index is 12.9. The van der Waals surface area contributed by atoms with Crippen molar-refractivity contribution >= 4 is 5.69 Å². The summed E-state index contributed by atoms with van der Waals surface area (Å²) in [6.45, 7) is 0. The van der Waals surface area contributed by atoms with Crippen molar-refractivity contribution in [3.8, 4) is 11.5 Å². The lowest BCUT2D eigenvalue weighted by Gasteiger charge is -2.19. The van der Waals surface area contributed by atoms with Crippen LogP contribution in [0.4, 0.5) is 32.0 Å². The van der Waals surface area contributed by atoms with Crippen LogP contribution in [-0.4, -0.2) is 11.1 Å². The number of nitrogens with two attached hydrogens (primary N) is 1. The van der Waals surface area contributed by atoms with E-state index in [-0.39, 0.29) is 0 Å². The standard InChI is InChI=1S/C15H10F6N2O3/c16-14(17,18)8-2-1-3-10(6-8)26-12-5-4-9(23(24)25)7-11(12)13(22)15(19,20)21/h1-7,13H,22H2/t13-/m0/s1. The third-order valence-electron chi connectivity index (χ3n) is 3.28. The molecule has 0 spiro atoms. The molecular formula is C15H10F6N2O3. The summed E-state index contributed by atoms with van der Waals surface area (Å²) < 4.78 is 82.0. The van der Waals surface area contributed by atoms with E-state index in [9.17, 15) is 36.5 Å². The Labute approximate surface area is 142 Å². The molecule has 0 aliphatic rings. The van der Waals surface area contributed by atoms with E-state index in [4.69, 9.17) is 10.5 Å². The SMILES string of the molecule is N[C@@H](c1cc([N+](=O)[O-])ccc1Oc1cccc(C(F)(F)F)c1)C(F)(F)F. The number of nitro benzene ring substituents is 1. The van der Waals surface area contributed by atoms with Gasteiger partial charge in [-0.25, -0.2) is 0 Å². The zero-order valence-electron chi connectivity index (χ0n) is 12.6. The summed E-state index contributed by atoms with van der Waals surface area (Å²) in [6.07, 6.45) is -9.62. The van der Waals surface area contributed by atoms with Gasteiger partial charge in [0.1, 0.15) is 17.5 Å². The van der Waals surface area contributed by atoms with Gasteiger partial charge in [-0.05, 0) is 24.3 Å². The van der Waals surface area contributed by atoms with Crippen molar-refractivity contribution in [3.63, 3.8) is 0 Å². The summed E-state index contributed by atoms with van der Waals surface area (Å²) in [5.41, 5.74) is 2.57. The van der Waals surface area contributed by atoms with Gasteiger partial charge in [-0.1, -0.05) is 6.07 Å². The van der Waals surface area contributed by atoms with Crippen LogP contribution in [0.15, 0.2) is 42.5 Å². The smallest absolute Gasteiger partial charge is 0.416 e. The molecule has 11 heteroatoms. The molecule has 0 unspecified atom stereocenters. The number of non-ortho nitro benzene ring substituents is 1. The molecule has 0 radical (unpaired) electrons. The first-order valence-electron chi connectivity index (χ1n) is 6.85. The fourth-order valence-corrected chi connectivity index (χ4v) is 2.02. The molecule has 0 fully saturated rings. The van der Waals surface area contributed by atoms with Gasteiger partial charge in [0.25, 0.3) is 5.69 Å². The first kappa shape index (κ1) is 19.5. The van der Waals surface area contributed by atoms with E-state index in [1.807, 2.05) is 0 Å². The quantitative estimate of drug-likeness (QED) is 0.462. The Kier molecular flexibility index (Phi) is 5.12. The number of nitro groups is 1. The minimum absolute atomic E-state index is 0.399. The van der Waals surface area contributed by atoms with E-state index in [1.165, 1.54) is 0 Å². The zero-order valence-corrected chi connectivity index (χ0v) is 12.6. The first-order valence-corrected chi connectivity index (χ1v) is 6.85. The van der Waals surface area contributed by atoms with Crippen LogP contribution in [0.25, 0.3) is 0 Å². The van der Waals surface area contributed by atoms with Crippen molar-refractivity contribution in [1.82, 2.24) is 0 Å². The van der Waals surface area contributed by atoms with Crippen LogP contribution < -0.4 is 10.5 Å². The van der Waals surface area contributed by atoms with Crippen LogP contribution in [0.1, 0.15) is 17.2 Å². The number of hydrogen-bond acceptors (Lipinski definition) is 4. The van der Waals surface area contributed by atoms with Gasteiger partial charge in [0, 0.05) is 17.7 Å². The summed E-state index contributed by atoms with van der Waals surface area (Å²) in [6, 6.07) is 3.10. The number of benzene rings is 2. The fourth-order valence-electron chi connectivity index (χ4n) is 2.02. The monoisotopic (exact) mass is 380 g/mol. The molecule has 0 aliphatic carbocycles. The molecule has 2 aromatic rings. The van der Waals surface area contributed by atoms with E-state index in [0.717, 1.165) is 30.3 Å². The lowest BCUT2D eigenvalue weighted by Crippen LogP contribution is -2.28. The van der Waals surface area contributed by atoms with Crippen molar-refractivity contribution in [1.29, 1.82) is 0 Å². The molecule has 0 amide bonds. The van der Waals surface area contributed by atoms with Gasteiger partial charge in [-0.3, -0.25) is 10.1 Å². The molecule has 0 saturated heterocycles. The topological polar surface area (TPSA) is 78.4 Å². The van der Waals surface area contributed by atoms with Crippen LogP contribution in [0.3, 0.4) is 0 Å². The Morgan fingerprint density at radius 1 is 1.04 bits per heavy atom. The lowest BCUT2D eigenvalue weighted by molar-refractivity contribution is -0.385. The fraction of sp³-hybridized carbons (Fsp3) is 0.200. The Hall–Kier alpha value is -2.82. The van der Waals surface area contributed by atoms with Gasteiger partial charge < -0.3 is 10.5 Å². The number of hydrogen-bond donors (Lipinski definition) is 1. The molecule has 5 nitrogen and oxygen atoms in total. The average Bonchev–Trinajstić information content (AvgIpc) is 2.53. The predicted molar refractivity (Wildman–Crippen MR) is 77.6 cm³/mol. The molecule has 1 atom stereocenters. The van der Waals surface area contributed by atoms with E-state index in [0.29, 0.717) is 12.1 Å². The molecule has 0 saturated carbocycles. The van der Waals surface area contributed by atoms with Gasteiger partial charge in [-0.2, -0.15) is 26.3 Å². The van der Waals surface area contributed by atoms with Crippen molar-refractivity contribution in [2.75, 3.05) is 0 Å². The maximum Gasteiger partial charge on any atom is 0.416 e. The first-order chi connectivity index (χ1) is 11.9. The van der Waals surface area contributed by atoms with Crippen LogP contribution in [0, 0.1) is 10.1 Å². The highest BCUT2D eigenvalue weighted by Gasteiger charge is 2.40. The summed E-state index contributed by atoms with van der Waals surface area (Å²) in [7, 11) is 0. The summed E-state index contributed by atoms with van der Waals surface area (Å²) in [4.78, 5) is 9.84. The molecule has 2 rings (SSSR count). The van der Waals surface area contributed by atoms with Crippen LogP contribution >= 0.6 is 0 Å². The van der Waals surface area contributed by atoms with Gasteiger partial charge in [0.05, 0.1) is 10.5 Å². The Morgan fingerprint density at radius 2 is 1.69 bits per heavy atom. The lowest BCUT2D eigenvalue weighted by atomic mass is 10.0. The van der Waals surface area contributed by atoms with Crippen LogP contribution in [0.2, 0.25) is 0 Å². The number of rotatable bonds is 4. The third-order valence-corrected chi connectivity index (χ3v) is 3.28. The second-order valence-corrected chi connectivity index (χ2v) is 5.13. The summed E-state index contributed by atoms with van der Waals surface area (Å²) >= 11 is 0. The Balaban J connectivity index is 2.48. The second-order valence-electron chi connectivity index (χ2n) is 5.13. The van der Waals surface area contributed by atoms with Crippen LogP contribution in [-0.2, 0) is 6.18 Å². The molecular weight excluding hydrogens is 370 g/mol. The van der Waals surface area contributed by atoms with E-state index in [2.05, 4.69) is 0 Å². The molecule has 2 aromatic carbocycles. The van der Waals surface area contributed by atoms with Crippen molar-refractivity contribution in [2.45, 2.75) is 18.4 Å². The normalized spacial score (nSPS) is 13.3.